The second-order valence-electron chi connectivity index (χ2n) is 3.79. The van der Waals surface area contributed by atoms with Gasteiger partial charge in [0.1, 0.15) is 6.04 Å². The molecular weight excluding hydrogens is 272 g/mol. The average molecular weight is 286 g/mol. The van der Waals surface area contributed by atoms with Gasteiger partial charge in [-0.2, -0.15) is 8.75 Å². The summed E-state index contributed by atoms with van der Waals surface area (Å²) in [6, 6.07) is -1.01. The first-order chi connectivity index (χ1) is 8.93. The van der Waals surface area contributed by atoms with Gasteiger partial charge in [0.05, 0.1) is 17.9 Å². The summed E-state index contributed by atoms with van der Waals surface area (Å²) in [4.78, 5) is 35.0. The number of aromatic nitrogens is 2. The number of nitrogens with zero attached hydrogens (tertiary/aromatic N) is 3. The molecule has 0 bridgehead atoms. The molecular formula is C10H14N4O4S. The minimum absolute atomic E-state index is 0.0867. The lowest BCUT2D eigenvalue weighted by atomic mass is 10.2. The standard InChI is InChI=1S/C10H14N4O4S/c1-6(10(17)18)14(4-3-11-7(2)15)9(16)8-5-12-19-13-8/h5-6H,3-4H2,1-2H3,(H,11,15)(H,17,18). The van der Waals surface area contributed by atoms with Crippen molar-refractivity contribution in [1.29, 1.82) is 0 Å². The average Bonchev–Trinajstić information content (AvgIpc) is 2.86. The number of amides is 2. The molecule has 0 aliphatic heterocycles. The number of carbonyl (C=O) groups is 3. The van der Waals surface area contributed by atoms with E-state index in [9.17, 15) is 14.4 Å². The number of carboxylic acid groups (broad SMARTS) is 1. The van der Waals surface area contributed by atoms with Crippen molar-refractivity contribution < 1.29 is 19.5 Å². The van der Waals surface area contributed by atoms with Gasteiger partial charge >= 0.3 is 5.97 Å². The van der Waals surface area contributed by atoms with Crippen molar-refractivity contribution in [3.63, 3.8) is 0 Å². The summed E-state index contributed by atoms with van der Waals surface area (Å²) in [5.74, 6) is -1.89. The van der Waals surface area contributed by atoms with Crippen molar-refractivity contribution in [3.8, 4) is 0 Å². The molecule has 0 aromatic carbocycles. The summed E-state index contributed by atoms with van der Waals surface area (Å²) in [6.07, 6.45) is 1.28. The fraction of sp³-hybridized carbons (Fsp3) is 0.500. The quantitative estimate of drug-likeness (QED) is 0.735. The van der Waals surface area contributed by atoms with Gasteiger partial charge in [-0.05, 0) is 6.92 Å². The van der Waals surface area contributed by atoms with Crippen LogP contribution in [0.3, 0.4) is 0 Å². The molecule has 0 saturated heterocycles. The van der Waals surface area contributed by atoms with Crippen molar-refractivity contribution in [1.82, 2.24) is 19.0 Å². The summed E-state index contributed by atoms with van der Waals surface area (Å²) in [7, 11) is 0. The topological polar surface area (TPSA) is 112 Å². The van der Waals surface area contributed by atoms with Crippen molar-refractivity contribution >= 4 is 29.5 Å². The van der Waals surface area contributed by atoms with Crippen LogP contribution in [0.5, 0.6) is 0 Å². The number of hydrogen-bond donors (Lipinski definition) is 2. The Labute approximate surface area is 113 Å². The normalized spacial score (nSPS) is 11.7. The van der Waals surface area contributed by atoms with E-state index in [1.807, 2.05) is 0 Å². The van der Waals surface area contributed by atoms with Crippen LogP contribution in [0.4, 0.5) is 0 Å². The Morgan fingerprint density at radius 1 is 1.53 bits per heavy atom. The molecule has 0 spiro atoms. The Bertz CT molecular complexity index is 462. The van der Waals surface area contributed by atoms with E-state index in [-0.39, 0.29) is 24.7 Å². The molecule has 1 rings (SSSR count). The van der Waals surface area contributed by atoms with Crippen LogP contribution >= 0.6 is 11.7 Å². The van der Waals surface area contributed by atoms with Crippen LogP contribution in [0.15, 0.2) is 6.20 Å². The van der Waals surface area contributed by atoms with E-state index in [0.29, 0.717) is 0 Å². The minimum atomic E-state index is -1.13. The molecule has 1 unspecified atom stereocenters. The molecule has 2 amide bonds. The third-order valence-electron chi connectivity index (χ3n) is 2.39. The first-order valence-electron chi connectivity index (χ1n) is 5.49. The van der Waals surface area contributed by atoms with E-state index < -0.39 is 17.9 Å². The van der Waals surface area contributed by atoms with Crippen molar-refractivity contribution in [2.45, 2.75) is 19.9 Å². The maximum atomic E-state index is 12.1. The zero-order chi connectivity index (χ0) is 14.4. The second-order valence-corrected chi connectivity index (χ2v) is 4.35. The molecule has 1 atom stereocenters. The Balaban J connectivity index is 2.77. The molecule has 104 valence electrons. The molecule has 0 aliphatic carbocycles. The van der Waals surface area contributed by atoms with Crippen molar-refractivity contribution in [2.75, 3.05) is 13.1 Å². The SMILES string of the molecule is CC(=O)NCCN(C(=O)c1cnsn1)C(C)C(=O)O. The first kappa shape index (κ1) is 15.0. The largest absolute Gasteiger partial charge is 0.480 e. The van der Waals surface area contributed by atoms with Gasteiger partial charge in [0.25, 0.3) is 5.91 Å². The predicted octanol–water partition coefficient (Wildman–Crippen LogP) is -0.410. The summed E-state index contributed by atoms with van der Waals surface area (Å²) in [6.45, 7) is 3.00. The number of hydrogen-bond acceptors (Lipinski definition) is 6. The molecule has 0 radical (unpaired) electrons. The van der Waals surface area contributed by atoms with Gasteiger partial charge in [0, 0.05) is 20.0 Å². The van der Waals surface area contributed by atoms with Crippen LogP contribution in [0, 0.1) is 0 Å². The van der Waals surface area contributed by atoms with Gasteiger partial charge in [-0.3, -0.25) is 9.59 Å². The molecule has 0 aliphatic rings. The van der Waals surface area contributed by atoms with E-state index in [4.69, 9.17) is 5.11 Å². The van der Waals surface area contributed by atoms with Crippen LogP contribution in [-0.4, -0.2) is 55.7 Å². The lowest BCUT2D eigenvalue weighted by Gasteiger charge is -2.25. The van der Waals surface area contributed by atoms with Crippen LogP contribution in [0.25, 0.3) is 0 Å². The molecule has 8 nitrogen and oxygen atoms in total. The number of carboxylic acids is 1. The molecule has 1 aromatic rings. The van der Waals surface area contributed by atoms with Gasteiger partial charge in [0.2, 0.25) is 5.91 Å². The van der Waals surface area contributed by atoms with Crippen LogP contribution in [0.1, 0.15) is 24.3 Å². The summed E-state index contributed by atoms with van der Waals surface area (Å²) >= 11 is 0.870. The second kappa shape index (κ2) is 6.78. The monoisotopic (exact) mass is 286 g/mol. The predicted molar refractivity (Wildman–Crippen MR) is 66.7 cm³/mol. The Kier molecular flexibility index (Phi) is 5.37. The fourth-order valence-electron chi connectivity index (χ4n) is 1.36. The summed E-state index contributed by atoms with van der Waals surface area (Å²) < 4.78 is 7.49. The van der Waals surface area contributed by atoms with E-state index >= 15 is 0 Å². The lowest BCUT2D eigenvalue weighted by Crippen LogP contribution is -2.46. The van der Waals surface area contributed by atoms with Crippen molar-refractivity contribution in [3.05, 3.63) is 11.9 Å². The Morgan fingerprint density at radius 2 is 2.21 bits per heavy atom. The van der Waals surface area contributed by atoms with Crippen molar-refractivity contribution in [2.24, 2.45) is 0 Å². The molecule has 2 N–H and O–H groups in total. The lowest BCUT2D eigenvalue weighted by molar-refractivity contribution is -0.141. The summed E-state index contributed by atoms with van der Waals surface area (Å²) in [5, 5.41) is 11.5. The molecule has 0 saturated carbocycles. The molecule has 9 heteroatoms. The Hall–Kier alpha value is -2.03. The zero-order valence-electron chi connectivity index (χ0n) is 10.5. The fourth-order valence-corrected chi connectivity index (χ4v) is 1.77. The highest BCUT2D eigenvalue weighted by molar-refractivity contribution is 6.99. The van der Waals surface area contributed by atoms with Crippen LogP contribution < -0.4 is 5.32 Å². The van der Waals surface area contributed by atoms with E-state index in [0.717, 1.165) is 16.6 Å². The maximum absolute atomic E-state index is 12.1. The molecule has 1 heterocycles. The van der Waals surface area contributed by atoms with Crippen LogP contribution in [-0.2, 0) is 9.59 Å². The highest BCUT2D eigenvalue weighted by Crippen LogP contribution is 2.07. The van der Waals surface area contributed by atoms with Gasteiger partial charge in [-0.1, -0.05) is 0 Å². The van der Waals surface area contributed by atoms with Gasteiger partial charge in [-0.15, -0.1) is 0 Å². The smallest absolute Gasteiger partial charge is 0.326 e. The van der Waals surface area contributed by atoms with E-state index in [1.165, 1.54) is 20.0 Å². The maximum Gasteiger partial charge on any atom is 0.326 e. The summed E-state index contributed by atoms with van der Waals surface area (Å²) in [5.41, 5.74) is 0.0981. The van der Waals surface area contributed by atoms with Gasteiger partial charge in [0.15, 0.2) is 5.69 Å². The molecule has 0 fully saturated rings. The third-order valence-corrected chi connectivity index (χ3v) is 2.87. The van der Waals surface area contributed by atoms with E-state index in [1.54, 1.807) is 0 Å². The van der Waals surface area contributed by atoms with Gasteiger partial charge in [-0.25, -0.2) is 4.79 Å². The molecule has 1 aromatic heterocycles. The number of nitrogens with one attached hydrogen (secondary N) is 1. The number of carbonyl (C=O) groups excluding carboxylic acids is 2. The zero-order valence-corrected chi connectivity index (χ0v) is 11.3. The highest BCUT2D eigenvalue weighted by Gasteiger charge is 2.27. The minimum Gasteiger partial charge on any atom is -0.480 e. The number of aliphatic carboxylic acids is 1. The van der Waals surface area contributed by atoms with Gasteiger partial charge < -0.3 is 15.3 Å². The third kappa shape index (κ3) is 4.28. The Morgan fingerprint density at radius 3 is 2.68 bits per heavy atom. The van der Waals surface area contributed by atoms with E-state index in [2.05, 4.69) is 14.1 Å². The first-order valence-corrected chi connectivity index (χ1v) is 6.22. The molecule has 19 heavy (non-hydrogen) atoms. The highest BCUT2D eigenvalue weighted by atomic mass is 32.1. The number of rotatable bonds is 6. The van der Waals surface area contributed by atoms with Crippen LogP contribution in [0.2, 0.25) is 0 Å².